The molecule has 2 aliphatic rings. The van der Waals surface area contributed by atoms with Crippen LogP contribution in [0.5, 0.6) is 0 Å². The molecule has 0 aromatic carbocycles. The van der Waals surface area contributed by atoms with Crippen molar-refractivity contribution in [3.8, 4) is 0 Å². The summed E-state index contributed by atoms with van der Waals surface area (Å²) in [7, 11) is 3.87. The highest BCUT2D eigenvalue weighted by atomic mass is 16.5. The maximum Gasteiger partial charge on any atom is 0.0582 e. The van der Waals surface area contributed by atoms with Crippen LogP contribution in [0.4, 0.5) is 0 Å². The van der Waals surface area contributed by atoms with Crippen molar-refractivity contribution >= 4 is 0 Å². The fraction of sp³-hybridized carbons (Fsp3) is 1.00. The minimum atomic E-state index is 0.580. The lowest BCUT2D eigenvalue weighted by atomic mass is 9.77. The van der Waals surface area contributed by atoms with Gasteiger partial charge >= 0.3 is 0 Å². The zero-order valence-electron chi connectivity index (χ0n) is 7.39. The van der Waals surface area contributed by atoms with Crippen molar-refractivity contribution in [1.29, 1.82) is 0 Å². The molecule has 2 nitrogen and oxygen atoms in total. The lowest BCUT2D eigenvalue weighted by Gasteiger charge is -2.35. The summed E-state index contributed by atoms with van der Waals surface area (Å²) in [5.41, 5.74) is 0.726. The first-order chi connectivity index (χ1) is 5.30. The fourth-order valence-electron chi connectivity index (χ4n) is 2.48. The van der Waals surface area contributed by atoms with Crippen LogP contribution >= 0.6 is 0 Å². The molecule has 0 aliphatic heterocycles. The van der Waals surface area contributed by atoms with Crippen LogP contribution in [0.15, 0.2) is 0 Å². The van der Waals surface area contributed by atoms with Crippen LogP contribution < -0.4 is 5.32 Å². The van der Waals surface area contributed by atoms with Crippen LogP contribution in [0.25, 0.3) is 0 Å². The topological polar surface area (TPSA) is 21.3 Å². The van der Waals surface area contributed by atoms with Crippen LogP contribution in [-0.2, 0) is 4.74 Å². The van der Waals surface area contributed by atoms with Crippen LogP contribution in [0.2, 0.25) is 0 Å². The predicted molar refractivity (Wildman–Crippen MR) is 44.5 cm³/mol. The summed E-state index contributed by atoms with van der Waals surface area (Å²) < 4.78 is 5.27. The van der Waals surface area contributed by atoms with Crippen molar-refractivity contribution in [2.24, 2.45) is 11.3 Å². The SMILES string of the molecule is CNCC1CC12CC(OC)C2. The summed E-state index contributed by atoms with van der Waals surface area (Å²) in [5.74, 6) is 0.957. The third-order valence-corrected chi connectivity index (χ3v) is 3.41. The Morgan fingerprint density at radius 1 is 1.45 bits per heavy atom. The molecule has 0 aromatic rings. The van der Waals surface area contributed by atoms with E-state index in [2.05, 4.69) is 5.32 Å². The first kappa shape index (κ1) is 7.56. The molecule has 64 valence electrons. The Bertz CT molecular complexity index is 152. The maximum atomic E-state index is 5.27. The number of rotatable bonds is 3. The normalized spacial score (nSPS) is 47.5. The zero-order chi connectivity index (χ0) is 7.90. The number of ether oxygens (including phenoxy) is 1. The van der Waals surface area contributed by atoms with E-state index in [1.807, 2.05) is 14.2 Å². The molecule has 0 amide bonds. The number of methoxy groups -OCH3 is 1. The number of hydrogen-bond donors (Lipinski definition) is 1. The van der Waals surface area contributed by atoms with Gasteiger partial charge in [0.15, 0.2) is 0 Å². The second kappa shape index (κ2) is 2.46. The Morgan fingerprint density at radius 2 is 2.18 bits per heavy atom. The summed E-state index contributed by atoms with van der Waals surface area (Å²) in [6.07, 6.45) is 4.65. The van der Waals surface area contributed by atoms with E-state index in [-0.39, 0.29) is 0 Å². The third-order valence-electron chi connectivity index (χ3n) is 3.41. The molecule has 2 aliphatic carbocycles. The standard InChI is InChI=1S/C9H17NO/c1-10-6-7-3-9(7)4-8(5-9)11-2/h7-8,10H,3-6H2,1-2H3. The van der Waals surface area contributed by atoms with Crippen molar-refractivity contribution < 1.29 is 4.74 Å². The van der Waals surface area contributed by atoms with Crippen LogP contribution in [0, 0.1) is 11.3 Å². The monoisotopic (exact) mass is 155 g/mol. The Kier molecular flexibility index (Phi) is 1.69. The van der Waals surface area contributed by atoms with Gasteiger partial charge in [0.25, 0.3) is 0 Å². The van der Waals surface area contributed by atoms with Crippen LogP contribution in [0.3, 0.4) is 0 Å². The molecule has 1 spiro atoms. The van der Waals surface area contributed by atoms with E-state index < -0.39 is 0 Å². The second-order valence-electron chi connectivity index (χ2n) is 4.09. The highest BCUT2D eigenvalue weighted by Gasteiger charge is 2.60. The lowest BCUT2D eigenvalue weighted by molar-refractivity contribution is -0.0169. The molecule has 1 N–H and O–H groups in total. The van der Waals surface area contributed by atoms with Crippen molar-refractivity contribution in [1.82, 2.24) is 5.32 Å². The van der Waals surface area contributed by atoms with Gasteiger partial charge in [-0.3, -0.25) is 0 Å². The van der Waals surface area contributed by atoms with Crippen LogP contribution in [0.1, 0.15) is 19.3 Å². The molecule has 1 atom stereocenters. The van der Waals surface area contributed by atoms with Gasteiger partial charge in [0.1, 0.15) is 0 Å². The Hall–Kier alpha value is -0.0800. The van der Waals surface area contributed by atoms with Gasteiger partial charge in [0, 0.05) is 7.11 Å². The summed E-state index contributed by atoms with van der Waals surface area (Å²) >= 11 is 0. The molecule has 11 heavy (non-hydrogen) atoms. The van der Waals surface area contributed by atoms with Crippen molar-refractivity contribution in [2.45, 2.75) is 25.4 Å². The summed E-state index contributed by atoms with van der Waals surface area (Å²) in [5, 5.41) is 3.25. The molecular weight excluding hydrogens is 138 g/mol. The highest BCUT2D eigenvalue weighted by molar-refractivity contribution is 5.11. The molecule has 0 radical (unpaired) electrons. The number of hydrogen-bond acceptors (Lipinski definition) is 2. The first-order valence-electron chi connectivity index (χ1n) is 4.48. The van der Waals surface area contributed by atoms with Gasteiger partial charge < -0.3 is 10.1 Å². The average molecular weight is 155 g/mol. The molecule has 1 unspecified atom stereocenters. The van der Waals surface area contributed by atoms with Gasteiger partial charge in [0.05, 0.1) is 6.10 Å². The molecule has 2 fully saturated rings. The molecule has 0 aromatic heterocycles. The highest BCUT2D eigenvalue weighted by Crippen LogP contribution is 2.65. The lowest BCUT2D eigenvalue weighted by Crippen LogP contribution is -2.34. The van der Waals surface area contributed by atoms with Crippen LogP contribution in [-0.4, -0.2) is 26.8 Å². The zero-order valence-corrected chi connectivity index (χ0v) is 7.39. The summed E-state index contributed by atoms with van der Waals surface area (Å²) in [6.45, 7) is 1.20. The molecule has 2 rings (SSSR count). The van der Waals surface area contributed by atoms with Crippen molar-refractivity contribution in [3.63, 3.8) is 0 Å². The van der Waals surface area contributed by atoms with E-state index in [9.17, 15) is 0 Å². The Morgan fingerprint density at radius 3 is 2.73 bits per heavy atom. The van der Waals surface area contributed by atoms with Gasteiger partial charge in [-0.2, -0.15) is 0 Å². The van der Waals surface area contributed by atoms with Gasteiger partial charge in [-0.1, -0.05) is 0 Å². The van der Waals surface area contributed by atoms with E-state index >= 15 is 0 Å². The van der Waals surface area contributed by atoms with Gasteiger partial charge in [0.2, 0.25) is 0 Å². The van der Waals surface area contributed by atoms with Crippen molar-refractivity contribution in [2.75, 3.05) is 20.7 Å². The number of nitrogens with one attached hydrogen (secondary N) is 1. The van der Waals surface area contributed by atoms with Gasteiger partial charge in [-0.05, 0) is 44.2 Å². The molecule has 0 bridgehead atoms. The van der Waals surface area contributed by atoms with E-state index in [1.54, 1.807) is 0 Å². The van der Waals surface area contributed by atoms with E-state index in [1.165, 1.54) is 25.8 Å². The quantitative estimate of drug-likeness (QED) is 0.657. The fourth-order valence-corrected chi connectivity index (χ4v) is 2.48. The molecule has 2 saturated carbocycles. The average Bonchev–Trinajstić information content (AvgIpc) is 2.60. The van der Waals surface area contributed by atoms with E-state index in [0.717, 1.165) is 11.3 Å². The molecule has 2 heteroatoms. The smallest absolute Gasteiger partial charge is 0.0582 e. The molecule has 0 heterocycles. The van der Waals surface area contributed by atoms with Crippen molar-refractivity contribution in [3.05, 3.63) is 0 Å². The second-order valence-corrected chi connectivity index (χ2v) is 4.09. The van der Waals surface area contributed by atoms with E-state index in [0.29, 0.717) is 6.10 Å². The van der Waals surface area contributed by atoms with Gasteiger partial charge in [-0.15, -0.1) is 0 Å². The largest absolute Gasteiger partial charge is 0.381 e. The summed E-state index contributed by atoms with van der Waals surface area (Å²) in [6, 6.07) is 0. The molecular formula is C9H17NO. The maximum absolute atomic E-state index is 5.27. The minimum Gasteiger partial charge on any atom is -0.381 e. The molecule has 0 saturated heterocycles. The summed E-state index contributed by atoms with van der Waals surface area (Å²) in [4.78, 5) is 0. The first-order valence-corrected chi connectivity index (χ1v) is 4.48. The van der Waals surface area contributed by atoms with Gasteiger partial charge in [-0.25, -0.2) is 0 Å². The third kappa shape index (κ3) is 1.09. The Balaban J connectivity index is 1.74. The predicted octanol–water partition coefficient (Wildman–Crippen LogP) is 1.02. The van der Waals surface area contributed by atoms with E-state index in [4.69, 9.17) is 4.74 Å². The minimum absolute atomic E-state index is 0.580. The Labute approximate surface area is 68.3 Å².